The van der Waals surface area contributed by atoms with Crippen molar-refractivity contribution in [2.45, 2.75) is 6.92 Å². The number of halogens is 1. The van der Waals surface area contributed by atoms with E-state index in [9.17, 15) is 4.79 Å². The Labute approximate surface area is 102 Å². The van der Waals surface area contributed by atoms with E-state index in [0.717, 1.165) is 15.2 Å². The SMILES string of the molecule is CCOC(=O)c1cc(Br)c2ccccc2c1. The van der Waals surface area contributed by atoms with E-state index in [1.165, 1.54) is 0 Å². The van der Waals surface area contributed by atoms with E-state index in [0.29, 0.717) is 12.2 Å². The van der Waals surface area contributed by atoms with Crippen molar-refractivity contribution in [3.8, 4) is 0 Å². The summed E-state index contributed by atoms with van der Waals surface area (Å²) in [6.45, 7) is 2.19. The van der Waals surface area contributed by atoms with Crippen LogP contribution in [0, 0.1) is 0 Å². The third-order valence-electron chi connectivity index (χ3n) is 2.32. The van der Waals surface area contributed by atoms with Gasteiger partial charge in [-0.25, -0.2) is 4.79 Å². The lowest BCUT2D eigenvalue weighted by Gasteiger charge is -2.05. The van der Waals surface area contributed by atoms with Crippen LogP contribution in [0.1, 0.15) is 17.3 Å². The van der Waals surface area contributed by atoms with Gasteiger partial charge in [-0.1, -0.05) is 40.2 Å². The summed E-state index contributed by atoms with van der Waals surface area (Å²) < 4.78 is 5.88. The van der Waals surface area contributed by atoms with E-state index >= 15 is 0 Å². The number of rotatable bonds is 2. The molecule has 0 atom stereocenters. The zero-order valence-corrected chi connectivity index (χ0v) is 10.5. The summed E-state index contributed by atoms with van der Waals surface area (Å²) in [6.07, 6.45) is 0. The lowest BCUT2D eigenvalue weighted by atomic mass is 10.1. The largest absolute Gasteiger partial charge is 0.462 e. The number of carbonyl (C=O) groups excluding carboxylic acids is 1. The van der Waals surface area contributed by atoms with Gasteiger partial charge in [0.05, 0.1) is 12.2 Å². The summed E-state index contributed by atoms with van der Waals surface area (Å²) in [4.78, 5) is 11.6. The maximum atomic E-state index is 11.6. The van der Waals surface area contributed by atoms with Crippen LogP contribution >= 0.6 is 15.9 Å². The van der Waals surface area contributed by atoms with Crippen LogP contribution < -0.4 is 0 Å². The molecule has 0 N–H and O–H groups in total. The van der Waals surface area contributed by atoms with Gasteiger partial charge in [0.25, 0.3) is 0 Å². The predicted molar refractivity (Wildman–Crippen MR) is 67.6 cm³/mol. The molecule has 0 aliphatic rings. The molecule has 0 aliphatic heterocycles. The average Bonchev–Trinajstić information content (AvgIpc) is 2.29. The molecule has 2 rings (SSSR count). The summed E-state index contributed by atoms with van der Waals surface area (Å²) in [6, 6.07) is 11.5. The first-order valence-corrected chi connectivity index (χ1v) is 5.87. The lowest BCUT2D eigenvalue weighted by molar-refractivity contribution is 0.0526. The smallest absolute Gasteiger partial charge is 0.338 e. The van der Waals surface area contributed by atoms with Crippen molar-refractivity contribution < 1.29 is 9.53 Å². The van der Waals surface area contributed by atoms with Crippen molar-refractivity contribution >= 4 is 32.7 Å². The molecule has 0 amide bonds. The van der Waals surface area contributed by atoms with Gasteiger partial charge in [-0.15, -0.1) is 0 Å². The van der Waals surface area contributed by atoms with Crippen LogP contribution in [0.4, 0.5) is 0 Å². The highest BCUT2D eigenvalue weighted by atomic mass is 79.9. The van der Waals surface area contributed by atoms with E-state index in [-0.39, 0.29) is 5.97 Å². The van der Waals surface area contributed by atoms with Crippen LogP contribution in [-0.4, -0.2) is 12.6 Å². The van der Waals surface area contributed by atoms with Gasteiger partial charge in [0.2, 0.25) is 0 Å². The quantitative estimate of drug-likeness (QED) is 0.782. The minimum atomic E-state index is -0.283. The molecule has 16 heavy (non-hydrogen) atoms. The second-order valence-electron chi connectivity index (χ2n) is 3.40. The van der Waals surface area contributed by atoms with Crippen molar-refractivity contribution in [2.24, 2.45) is 0 Å². The van der Waals surface area contributed by atoms with Crippen LogP contribution in [0.5, 0.6) is 0 Å². The molecule has 0 spiro atoms. The third-order valence-corrected chi connectivity index (χ3v) is 2.98. The first-order chi connectivity index (χ1) is 7.72. The molecule has 3 heteroatoms. The minimum Gasteiger partial charge on any atom is -0.462 e. The zero-order valence-electron chi connectivity index (χ0n) is 8.87. The minimum absolute atomic E-state index is 0.283. The fourth-order valence-corrected chi connectivity index (χ4v) is 2.20. The van der Waals surface area contributed by atoms with Crippen molar-refractivity contribution in [1.82, 2.24) is 0 Å². The van der Waals surface area contributed by atoms with Crippen LogP contribution in [0.15, 0.2) is 40.9 Å². The standard InChI is InChI=1S/C13H11BrO2/c1-2-16-13(15)10-7-9-5-3-4-6-11(9)12(14)8-10/h3-8H,2H2,1H3. The highest BCUT2D eigenvalue weighted by Gasteiger charge is 2.09. The molecule has 82 valence electrons. The fourth-order valence-electron chi connectivity index (χ4n) is 1.60. The van der Waals surface area contributed by atoms with Crippen LogP contribution in [0.2, 0.25) is 0 Å². The molecule has 0 heterocycles. The molecule has 2 aromatic rings. The maximum absolute atomic E-state index is 11.6. The Balaban J connectivity index is 2.53. The number of hydrogen-bond donors (Lipinski definition) is 0. The topological polar surface area (TPSA) is 26.3 Å². The Kier molecular flexibility index (Phi) is 3.25. The third kappa shape index (κ3) is 2.09. The highest BCUT2D eigenvalue weighted by molar-refractivity contribution is 9.10. The van der Waals surface area contributed by atoms with Crippen LogP contribution in [0.3, 0.4) is 0 Å². The van der Waals surface area contributed by atoms with Crippen molar-refractivity contribution in [3.63, 3.8) is 0 Å². The highest BCUT2D eigenvalue weighted by Crippen LogP contribution is 2.25. The molecular weight excluding hydrogens is 268 g/mol. The first-order valence-electron chi connectivity index (χ1n) is 5.08. The summed E-state index contributed by atoms with van der Waals surface area (Å²) in [5.41, 5.74) is 0.576. The van der Waals surface area contributed by atoms with E-state index in [1.807, 2.05) is 30.3 Å². The molecule has 0 saturated heterocycles. The average molecular weight is 279 g/mol. The second-order valence-corrected chi connectivity index (χ2v) is 4.25. The van der Waals surface area contributed by atoms with Gasteiger partial charge >= 0.3 is 5.97 Å². The van der Waals surface area contributed by atoms with Crippen LogP contribution in [0.25, 0.3) is 10.8 Å². The summed E-state index contributed by atoms with van der Waals surface area (Å²) in [5.74, 6) is -0.283. The van der Waals surface area contributed by atoms with E-state index in [4.69, 9.17) is 4.74 Å². The summed E-state index contributed by atoms with van der Waals surface area (Å²) >= 11 is 3.46. The second kappa shape index (κ2) is 4.66. The number of ether oxygens (including phenoxy) is 1. The molecule has 0 saturated carbocycles. The fraction of sp³-hybridized carbons (Fsp3) is 0.154. The molecule has 0 radical (unpaired) electrons. The van der Waals surface area contributed by atoms with Gasteiger partial charge in [-0.3, -0.25) is 0 Å². The van der Waals surface area contributed by atoms with Gasteiger partial charge in [0.15, 0.2) is 0 Å². The zero-order chi connectivity index (χ0) is 11.5. The molecule has 0 bridgehead atoms. The number of hydrogen-bond acceptors (Lipinski definition) is 2. The number of esters is 1. The predicted octanol–water partition coefficient (Wildman–Crippen LogP) is 3.78. The molecule has 0 aromatic heterocycles. The summed E-state index contributed by atoms with van der Waals surface area (Å²) in [7, 11) is 0. The van der Waals surface area contributed by atoms with Gasteiger partial charge in [-0.2, -0.15) is 0 Å². The molecule has 0 aliphatic carbocycles. The van der Waals surface area contributed by atoms with Crippen molar-refractivity contribution in [3.05, 3.63) is 46.4 Å². The Morgan fingerprint density at radius 1 is 1.31 bits per heavy atom. The Bertz CT molecular complexity index is 534. The lowest BCUT2D eigenvalue weighted by Crippen LogP contribution is -2.04. The molecule has 0 fully saturated rings. The van der Waals surface area contributed by atoms with Crippen LogP contribution in [-0.2, 0) is 4.74 Å². The van der Waals surface area contributed by atoms with E-state index < -0.39 is 0 Å². The normalized spacial score (nSPS) is 10.4. The number of fused-ring (bicyclic) bond motifs is 1. The molecule has 2 nitrogen and oxygen atoms in total. The van der Waals surface area contributed by atoms with Gasteiger partial charge in [-0.05, 0) is 29.8 Å². The molecular formula is C13H11BrO2. The van der Waals surface area contributed by atoms with Crippen molar-refractivity contribution in [2.75, 3.05) is 6.61 Å². The van der Waals surface area contributed by atoms with E-state index in [1.54, 1.807) is 13.0 Å². The van der Waals surface area contributed by atoms with Gasteiger partial charge in [0.1, 0.15) is 0 Å². The monoisotopic (exact) mass is 278 g/mol. The Morgan fingerprint density at radius 3 is 2.81 bits per heavy atom. The summed E-state index contributed by atoms with van der Waals surface area (Å²) in [5, 5.41) is 2.12. The number of carbonyl (C=O) groups is 1. The van der Waals surface area contributed by atoms with Gasteiger partial charge < -0.3 is 4.74 Å². The Hall–Kier alpha value is -1.35. The van der Waals surface area contributed by atoms with E-state index in [2.05, 4.69) is 15.9 Å². The molecule has 0 unspecified atom stereocenters. The van der Waals surface area contributed by atoms with Crippen molar-refractivity contribution in [1.29, 1.82) is 0 Å². The molecule has 2 aromatic carbocycles. The maximum Gasteiger partial charge on any atom is 0.338 e. The number of benzene rings is 2. The Morgan fingerprint density at radius 2 is 2.06 bits per heavy atom. The van der Waals surface area contributed by atoms with Gasteiger partial charge in [0, 0.05) is 4.47 Å². The first kappa shape index (κ1) is 11.1.